The normalized spacial score (nSPS) is 12.7. The third-order valence-electron chi connectivity index (χ3n) is 4.36. The van der Waals surface area contributed by atoms with Crippen LogP contribution in [0.5, 0.6) is 11.5 Å². The molecule has 3 aromatic rings. The van der Waals surface area contributed by atoms with E-state index in [0.717, 1.165) is 6.07 Å². The van der Waals surface area contributed by atoms with E-state index in [-0.39, 0.29) is 29.5 Å². The molecule has 1 aliphatic heterocycles. The number of hydrogen-bond acceptors (Lipinski definition) is 4. The Hall–Kier alpha value is -3.81. The Labute approximate surface area is 164 Å². The maximum absolute atomic E-state index is 14.3. The van der Waals surface area contributed by atoms with Gasteiger partial charge in [-0.3, -0.25) is 9.59 Å². The number of pyridine rings is 1. The zero-order valence-electron chi connectivity index (χ0n) is 15.0. The van der Waals surface area contributed by atoms with E-state index < -0.39 is 11.7 Å². The predicted molar refractivity (Wildman–Crippen MR) is 102 cm³/mol. The molecule has 0 spiro atoms. The highest BCUT2D eigenvalue weighted by atomic mass is 19.1. The molecule has 0 bridgehead atoms. The highest BCUT2D eigenvalue weighted by molar-refractivity contribution is 6.05. The molecule has 146 valence electrons. The van der Waals surface area contributed by atoms with E-state index in [0.29, 0.717) is 29.2 Å². The van der Waals surface area contributed by atoms with Crippen molar-refractivity contribution in [2.75, 3.05) is 10.6 Å². The quantitative estimate of drug-likeness (QED) is 0.691. The van der Waals surface area contributed by atoms with Crippen molar-refractivity contribution in [2.45, 2.75) is 12.8 Å². The minimum absolute atomic E-state index is 0.131. The summed E-state index contributed by atoms with van der Waals surface area (Å²) in [4.78, 5) is 27.9. The number of ether oxygens (including phenoxy) is 1. The Kier molecular flexibility index (Phi) is 4.90. The smallest absolute Gasteiger partial charge is 0.259 e. The minimum atomic E-state index is -0.736. The fraction of sp³-hybridized carbons (Fsp3) is 0.0952. The summed E-state index contributed by atoms with van der Waals surface area (Å²) in [5, 5.41) is 5.12. The zero-order chi connectivity index (χ0) is 20.4. The first-order valence-corrected chi connectivity index (χ1v) is 8.81. The molecule has 0 saturated heterocycles. The predicted octanol–water partition coefficient (Wildman–Crippen LogP) is 4.29. The third-order valence-corrected chi connectivity index (χ3v) is 4.36. The lowest BCUT2D eigenvalue weighted by Crippen LogP contribution is -2.21. The molecule has 8 heteroatoms. The summed E-state index contributed by atoms with van der Waals surface area (Å²) < 4.78 is 32.8. The highest BCUT2D eigenvalue weighted by Gasteiger charge is 2.21. The van der Waals surface area contributed by atoms with Crippen molar-refractivity contribution in [3.8, 4) is 11.5 Å². The number of anilines is 2. The molecule has 29 heavy (non-hydrogen) atoms. The number of aryl methyl sites for hydroxylation is 1. The number of halogens is 2. The molecule has 1 aromatic heterocycles. The summed E-state index contributed by atoms with van der Waals surface area (Å²) in [6.45, 7) is 0. The zero-order valence-corrected chi connectivity index (χ0v) is 15.0. The largest absolute Gasteiger partial charge is 0.456 e. The van der Waals surface area contributed by atoms with Crippen LogP contribution in [0, 0.1) is 11.6 Å². The van der Waals surface area contributed by atoms with Crippen LogP contribution in [0.4, 0.5) is 20.3 Å². The van der Waals surface area contributed by atoms with Gasteiger partial charge >= 0.3 is 0 Å². The summed E-state index contributed by atoms with van der Waals surface area (Å²) in [5.74, 6) is -0.890. The Morgan fingerprint density at radius 3 is 2.52 bits per heavy atom. The van der Waals surface area contributed by atoms with Crippen LogP contribution in [-0.2, 0) is 11.2 Å². The fourth-order valence-corrected chi connectivity index (χ4v) is 2.91. The van der Waals surface area contributed by atoms with Gasteiger partial charge in [0.05, 0.1) is 11.8 Å². The van der Waals surface area contributed by atoms with Crippen molar-refractivity contribution in [1.82, 2.24) is 4.98 Å². The van der Waals surface area contributed by atoms with Crippen LogP contribution in [0.2, 0.25) is 0 Å². The Morgan fingerprint density at radius 1 is 1.03 bits per heavy atom. The molecule has 4 rings (SSSR count). The van der Waals surface area contributed by atoms with Crippen molar-refractivity contribution in [2.24, 2.45) is 0 Å². The van der Waals surface area contributed by atoms with E-state index in [1.54, 1.807) is 6.07 Å². The lowest BCUT2D eigenvalue weighted by atomic mass is 9.99. The second-order valence-electron chi connectivity index (χ2n) is 6.43. The van der Waals surface area contributed by atoms with Crippen molar-refractivity contribution in [1.29, 1.82) is 0 Å². The summed E-state index contributed by atoms with van der Waals surface area (Å²) >= 11 is 0. The molecule has 0 unspecified atom stereocenters. The number of fused-ring (bicyclic) bond motifs is 1. The van der Waals surface area contributed by atoms with Gasteiger partial charge in [-0.1, -0.05) is 0 Å². The lowest BCUT2D eigenvalue weighted by Gasteiger charge is -2.18. The molecule has 0 saturated carbocycles. The van der Waals surface area contributed by atoms with Gasteiger partial charge in [0.15, 0.2) is 0 Å². The second-order valence-corrected chi connectivity index (χ2v) is 6.43. The maximum Gasteiger partial charge on any atom is 0.259 e. The lowest BCUT2D eigenvalue weighted by molar-refractivity contribution is -0.116. The maximum atomic E-state index is 14.3. The number of benzene rings is 2. The number of amides is 2. The van der Waals surface area contributed by atoms with Gasteiger partial charge in [-0.15, -0.1) is 0 Å². The molecule has 2 aromatic carbocycles. The first kappa shape index (κ1) is 18.5. The Bertz CT molecular complexity index is 1080. The molecule has 2 N–H and O–H groups in total. The first-order valence-electron chi connectivity index (χ1n) is 8.81. The fourth-order valence-electron chi connectivity index (χ4n) is 2.91. The molecule has 0 radical (unpaired) electrons. The van der Waals surface area contributed by atoms with Crippen LogP contribution >= 0.6 is 0 Å². The van der Waals surface area contributed by atoms with E-state index in [9.17, 15) is 18.4 Å². The van der Waals surface area contributed by atoms with Crippen LogP contribution in [0.15, 0.2) is 54.7 Å². The van der Waals surface area contributed by atoms with Gasteiger partial charge in [-0.2, -0.15) is 0 Å². The monoisotopic (exact) mass is 395 g/mol. The van der Waals surface area contributed by atoms with Crippen molar-refractivity contribution in [3.05, 3.63) is 77.5 Å². The Balaban J connectivity index is 1.46. The standard InChI is InChI=1S/C21H15F2N3O3/c22-13-2-4-14(5-3-13)29-15-6-7-19(24-11-15)26-21(28)16-9-12-1-8-20(27)25-18(12)10-17(16)23/h2-7,9-11H,1,8H2,(H,25,27)(H,24,26,28). The van der Waals surface area contributed by atoms with Gasteiger partial charge in [0.2, 0.25) is 5.91 Å². The topological polar surface area (TPSA) is 80.3 Å². The molecular weight excluding hydrogens is 380 g/mol. The minimum Gasteiger partial charge on any atom is -0.456 e. The number of carbonyl (C=O) groups is 2. The van der Waals surface area contributed by atoms with Crippen LogP contribution < -0.4 is 15.4 Å². The van der Waals surface area contributed by atoms with Gasteiger partial charge in [-0.25, -0.2) is 13.8 Å². The highest BCUT2D eigenvalue weighted by Crippen LogP contribution is 2.27. The number of carbonyl (C=O) groups excluding carboxylic acids is 2. The summed E-state index contributed by atoms with van der Waals surface area (Å²) in [5.41, 5.74) is 0.955. The number of nitrogens with zero attached hydrogens (tertiary/aromatic N) is 1. The van der Waals surface area contributed by atoms with Crippen LogP contribution in [0.25, 0.3) is 0 Å². The molecule has 0 fully saturated rings. The number of rotatable bonds is 4. The van der Waals surface area contributed by atoms with E-state index in [2.05, 4.69) is 15.6 Å². The SMILES string of the molecule is O=C1CCc2cc(C(=O)Nc3ccc(Oc4ccc(F)cc4)cn3)c(F)cc2N1. The van der Waals surface area contributed by atoms with E-state index >= 15 is 0 Å². The molecule has 6 nitrogen and oxygen atoms in total. The average molecular weight is 395 g/mol. The molecule has 0 aliphatic carbocycles. The molecular formula is C21H15F2N3O3. The molecule has 1 aliphatic rings. The van der Waals surface area contributed by atoms with Crippen LogP contribution in [-0.4, -0.2) is 16.8 Å². The number of aromatic nitrogens is 1. The average Bonchev–Trinajstić information content (AvgIpc) is 2.70. The summed E-state index contributed by atoms with van der Waals surface area (Å²) in [6, 6.07) is 11.2. The molecule has 2 amide bonds. The second kappa shape index (κ2) is 7.67. The van der Waals surface area contributed by atoms with E-state index in [1.807, 2.05) is 0 Å². The van der Waals surface area contributed by atoms with Gasteiger partial charge in [-0.05, 0) is 60.5 Å². The molecule has 0 atom stereocenters. The third kappa shape index (κ3) is 4.21. The summed E-state index contributed by atoms with van der Waals surface area (Å²) in [6.07, 6.45) is 2.11. The van der Waals surface area contributed by atoms with E-state index in [4.69, 9.17) is 4.74 Å². The first-order chi connectivity index (χ1) is 14.0. The van der Waals surface area contributed by atoms with E-state index in [1.165, 1.54) is 42.6 Å². The van der Waals surface area contributed by atoms with Crippen molar-refractivity contribution >= 4 is 23.3 Å². The van der Waals surface area contributed by atoms with Crippen LogP contribution in [0.3, 0.4) is 0 Å². The van der Waals surface area contributed by atoms with Gasteiger partial charge < -0.3 is 15.4 Å². The van der Waals surface area contributed by atoms with Gasteiger partial charge in [0, 0.05) is 12.1 Å². The summed E-state index contributed by atoms with van der Waals surface area (Å²) in [7, 11) is 0. The van der Waals surface area contributed by atoms with Crippen molar-refractivity contribution < 1.29 is 23.1 Å². The number of hydrogen-bond donors (Lipinski definition) is 2. The van der Waals surface area contributed by atoms with Gasteiger partial charge in [0.25, 0.3) is 5.91 Å². The molecule has 2 heterocycles. The van der Waals surface area contributed by atoms with Gasteiger partial charge in [0.1, 0.15) is 29.0 Å². The van der Waals surface area contributed by atoms with Crippen molar-refractivity contribution in [3.63, 3.8) is 0 Å². The van der Waals surface area contributed by atoms with Crippen LogP contribution in [0.1, 0.15) is 22.3 Å². The number of nitrogens with one attached hydrogen (secondary N) is 2. The Morgan fingerprint density at radius 2 is 1.79 bits per heavy atom.